The summed E-state index contributed by atoms with van der Waals surface area (Å²) in [6.07, 6.45) is -1.30. The molecular formula is C40H48N4O7. The van der Waals surface area contributed by atoms with Crippen molar-refractivity contribution in [2.24, 2.45) is 17.5 Å². The highest BCUT2D eigenvalue weighted by Gasteiger charge is 2.30. The summed E-state index contributed by atoms with van der Waals surface area (Å²) in [6.45, 7) is 16.7. The molecule has 270 valence electrons. The number of hydrogen-bond acceptors (Lipinski definition) is 8. The summed E-state index contributed by atoms with van der Waals surface area (Å²) in [7, 11) is 1.83. The molecule has 1 aromatic heterocycles. The van der Waals surface area contributed by atoms with E-state index in [1.54, 1.807) is 53.7 Å². The summed E-state index contributed by atoms with van der Waals surface area (Å²) in [6, 6.07) is 23.3. The van der Waals surface area contributed by atoms with Crippen molar-refractivity contribution in [3.05, 3.63) is 95.7 Å². The fourth-order valence-electron chi connectivity index (χ4n) is 5.40. The molecule has 0 fully saturated rings. The maximum Gasteiger partial charge on any atom is 0.414 e. The first-order chi connectivity index (χ1) is 23.7. The minimum atomic E-state index is -0.828. The van der Waals surface area contributed by atoms with E-state index in [9.17, 15) is 19.2 Å². The van der Waals surface area contributed by atoms with Crippen LogP contribution in [-0.2, 0) is 16.5 Å². The van der Waals surface area contributed by atoms with E-state index in [0.717, 1.165) is 16.5 Å². The first-order valence-electron chi connectivity index (χ1n) is 16.8. The molecule has 0 aliphatic rings. The van der Waals surface area contributed by atoms with Gasteiger partial charge in [-0.1, -0.05) is 51.1 Å². The van der Waals surface area contributed by atoms with Crippen LogP contribution in [-0.4, -0.2) is 45.7 Å². The van der Waals surface area contributed by atoms with Crippen molar-refractivity contribution in [2.45, 2.75) is 85.9 Å². The lowest BCUT2D eigenvalue weighted by atomic mass is 9.73. The maximum absolute atomic E-state index is 13.7. The van der Waals surface area contributed by atoms with Gasteiger partial charge in [-0.2, -0.15) is 0 Å². The lowest BCUT2D eigenvalue weighted by molar-refractivity contribution is 0.0543. The normalized spacial score (nSPS) is 12.4. The summed E-state index contributed by atoms with van der Waals surface area (Å²) >= 11 is 0. The predicted octanol–water partition coefficient (Wildman–Crippen LogP) is 8.84. The van der Waals surface area contributed by atoms with Gasteiger partial charge in [0, 0.05) is 24.9 Å². The maximum atomic E-state index is 13.7. The molecule has 3 aromatic carbocycles. The van der Waals surface area contributed by atoms with Crippen LogP contribution in [0.15, 0.2) is 83.9 Å². The molecule has 11 nitrogen and oxygen atoms in total. The van der Waals surface area contributed by atoms with Gasteiger partial charge >= 0.3 is 18.2 Å². The van der Waals surface area contributed by atoms with Crippen LogP contribution in [0.3, 0.4) is 0 Å². The number of carbonyl (C=O) groups excluding carboxylic acids is 4. The number of amides is 2. The first kappa shape index (κ1) is 38.4. The van der Waals surface area contributed by atoms with Gasteiger partial charge in [-0.15, -0.1) is 0 Å². The number of hydrogen-bond donors (Lipinski definition) is 2. The van der Waals surface area contributed by atoms with Crippen LogP contribution in [0.5, 0.6) is 5.75 Å². The molecule has 1 atom stereocenters. The topological polar surface area (TPSA) is 137 Å². The highest BCUT2D eigenvalue weighted by atomic mass is 16.6. The van der Waals surface area contributed by atoms with Gasteiger partial charge in [0.1, 0.15) is 17.0 Å². The first-order valence-corrected chi connectivity index (χ1v) is 16.8. The number of nitrogens with zero attached hydrogens (tertiary/aromatic N) is 2. The third kappa shape index (κ3) is 11.0. The Kier molecular flexibility index (Phi) is 11.4. The zero-order chi connectivity index (χ0) is 37.7. The number of aromatic nitrogens is 1. The Hall–Kier alpha value is -5.45. The fourth-order valence-corrected chi connectivity index (χ4v) is 5.40. The zero-order valence-corrected chi connectivity index (χ0v) is 31.0. The highest BCUT2D eigenvalue weighted by molar-refractivity contribution is 6.03. The number of aryl methyl sites for hydroxylation is 1. The molecule has 11 heteroatoms. The van der Waals surface area contributed by atoms with E-state index in [2.05, 4.69) is 48.5 Å². The van der Waals surface area contributed by atoms with Gasteiger partial charge in [0.05, 0.1) is 22.5 Å². The number of ketones is 1. The van der Waals surface area contributed by atoms with E-state index in [1.807, 2.05) is 41.9 Å². The predicted molar refractivity (Wildman–Crippen MR) is 198 cm³/mol. The second-order valence-electron chi connectivity index (χ2n) is 15.4. The summed E-state index contributed by atoms with van der Waals surface area (Å²) < 4.78 is 18.1. The van der Waals surface area contributed by atoms with Crippen molar-refractivity contribution in [2.75, 3.05) is 0 Å². The lowest BCUT2D eigenvalue weighted by Gasteiger charge is -2.31. The Bertz CT molecular complexity index is 1890. The van der Waals surface area contributed by atoms with Crippen molar-refractivity contribution in [1.82, 2.24) is 15.2 Å². The highest BCUT2D eigenvalue weighted by Crippen LogP contribution is 2.39. The molecule has 4 aromatic rings. The molecular weight excluding hydrogens is 648 g/mol. The third-order valence-electron chi connectivity index (χ3n) is 7.73. The summed E-state index contributed by atoms with van der Waals surface area (Å²) in [5.41, 5.74) is 1.33. The molecule has 0 unspecified atom stereocenters. The number of Topliss-reactive ketones (excluding diaryl/α,β-unsaturated/α-hetero) is 1. The summed E-state index contributed by atoms with van der Waals surface area (Å²) in [4.78, 5) is 55.9. The number of guanidine groups is 1. The largest absolute Gasteiger partial charge is 0.444 e. The number of carbonyl (C=O) groups is 4. The monoisotopic (exact) mass is 696 g/mol. The van der Waals surface area contributed by atoms with Crippen LogP contribution in [0.25, 0.3) is 10.9 Å². The van der Waals surface area contributed by atoms with Crippen LogP contribution in [0, 0.1) is 5.41 Å². The molecule has 2 N–H and O–H groups in total. The van der Waals surface area contributed by atoms with Crippen LogP contribution in [0.1, 0.15) is 101 Å². The second kappa shape index (κ2) is 15.2. The molecule has 1 heterocycles. The Morgan fingerprint density at radius 3 is 1.84 bits per heavy atom. The van der Waals surface area contributed by atoms with E-state index in [1.165, 1.54) is 24.3 Å². The molecule has 0 aliphatic heterocycles. The smallest absolute Gasteiger partial charge is 0.414 e. The van der Waals surface area contributed by atoms with Crippen molar-refractivity contribution in [3.63, 3.8) is 0 Å². The van der Waals surface area contributed by atoms with Gasteiger partial charge in [-0.25, -0.2) is 19.4 Å². The van der Waals surface area contributed by atoms with Gasteiger partial charge in [0.15, 0.2) is 5.78 Å². The summed E-state index contributed by atoms with van der Waals surface area (Å²) in [5.74, 6) is -0.449. The van der Waals surface area contributed by atoms with E-state index in [4.69, 9.17) is 14.2 Å². The number of aliphatic imine (C=N–C) groups is 1. The minimum Gasteiger partial charge on any atom is -0.444 e. The van der Waals surface area contributed by atoms with Crippen LogP contribution in [0.2, 0.25) is 0 Å². The van der Waals surface area contributed by atoms with Crippen LogP contribution in [0.4, 0.5) is 15.3 Å². The van der Waals surface area contributed by atoms with E-state index in [-0.39, 0.29) is 28.6 Å². The molecule has 0 spiro atoms. The number of rotatable bonds is 7. The van der Waals surface area contributed by atoms with Crippen molar-refractivity contribution in [3.8, 4) is 5.75 Å². The summed E-state index contributed by atoms with van der Waals surface area (Å²) in [5, 5.41) is 5.70. The molecule has 4 rings (SSSR count). The van der Waals surface area contributed by atoms with E-state index >= 15 is 0 Å². The van der Waals surface area contributed by atoms with Crippen LogP contribution < -0.4 is 15.4 Å². The number of nitrogens with one attached hydrogen (secondary N) is 2. The average Bonchev–Trinajstić information content (AvgIpc) is 3.33. The van der Waals surface area contributed by atoms with E-state index in [0.29, 0.717) is 23.6 Å². The molecule has 0 radical (unpaired) electrons. The van der Waals surface area contributed by atoms with Crippen molar-refractivity contribution < 1.29 is 33.4 Å². The Balaban J connectivity index is 1.49. The number of alkyl carbamates (subject to hydrolysis) is 2. The lowest BCUT2D eigenvalue weighted by Crippen LogP contribution is -2.47. The molecule has 51 heavy (non-hydrogen) atoms. The second-order valence-corrected chi connectivity index (χ2v) is 15.4. The zero-order valence-electron chi connectivity index (χ0n) is 31.0. The van der Waals surface area contributed by atoms with Gasteiger partial charge < -0.3 is 18.8 Å². The van der Waals surface area contributed by atoms with Gasteiger partial charge in [0.25, 0.3) is 0 Å². The molecule has 2 amide bonds. The fraction of sp³-hybridized carbons (Fsp3) is 0.375. The number of benzene rings is 3. The Labute approximate surface area is 299 Å². The number of fused-ring (bicyclic) bond motifs is 1. The average molecular weight is 697 g/mol. The van der Waals surface area contributed by atoms with Crippen molar-refractivity contribution in [1.29, 1.82) is 0 Å². The Morgan fingerprint density at radius 2 is 1.31 bits per heavy atom. The van der Waals surface area contributed by atoms with Crippen LogP contribution >= 0.6 is 0 Å². The van der Waals surface area contributed by atoms with Gasteiger partial charge in [0.2, 0.25) is 5.96 Å². The molecule has 0 aliphatic carbocycles. The Morgan fingerprint density at radius 1 is 0.745 bits per heavy atom. The standard InChI is InChI=1S/C40H48N4O7/c1-38(2,3)30(25-14-12-11-13-15-25)24-33(45)32-22-27-18-21-29(23-31(27)44(32)10)49-34(46)26-16-19-28(20-17-26)41-35(42-36(47)50-39(4,5)6)43-37(48)51-40(7,8)9/h11-23,30H,24H2,1-10H3,(H2,41,42,43,47,48)/t30-/m0/s1. The number of esters is 1. The molecule has 0 saturated heterocycles. The minimum absolute atomic E-state index is 0.0320. The third-order valence-corrected chi connectivity index (χ3v) is 7.73. The SMILES string of the molecule is Cn1c(C(=O)C[C@@H](c2ccccc2)C(C)(C)C)cc2ccc(OC(=O)c3ccc(N=C(NC(=O)OC(C)(C)C)NC(=O)OC(C)(C)C)cc3)cc21. The number of ether oxygens (including phenoxy) is 3. The quantitative estimate of drug-likeness (QED) is 0.0648. The molecule has 0 bridgehead atoms. The van der Waals surface area contributed by atoms with Crippen molar-refractivity contribution >= 4 is 46.5 Å². The van der Waals surface area contributed by atoms with Gasteiger partial charge in [-0.05, 0) is 101 Å². The van der Waals surface area contributed by atoms with E-state index < -0.39 is 29.4 Å². The molecule has 0 saturated carbocycles. The van der Waals surface area contributed by atoms with Gasteiger partial charge in [-0.3, -0.25) is 15.4 Å².